The molecule has 162 valence electrons. The van der Waals surface area contributed by atoms with Gasteiger partial charge in [0.25, 0.3) is 0 Å². The Morgan fingerprint density at radius 1 is 1.17 bits per heavy atom. The van der Waals surface area contributed by atoms with Crippen molar-refractivity contribution in [3.8, 4) is 5.75 Å². The average molecular weight is 404 g/mol. The van der Waals surface area contributed by atoms with Crippen LogP contribution in [0.3, 0.4) is 0 Å². The first-order chi connectivity index (χ1) is 14.0. The van der Waals surface area contributed by atoms with Gasteiger partial charge in [-0.25, -0.2) is 4.79 Å². The maximum atomic E-state index is 12.7. The molecule has 1 unspecified atom stereocenters. The molecule has 1 aromatic rings. The van der Waals surface area contributed by atoms with Gasteiger partial charge >= 0.3 is 6.03 Å². The summed E-state index contributed by atoms with van der Waals surface area (Å²) in [5.74, 6) is 0.833. The van der Waals surface area contributed by atoms with Gasteiger partial charge < -0.3 is 20.1 Å². The predicted octanol–water partition coefficient (Wildman–Crippen LogP) is 3.87. The molecule has 2 aliphatic rings. The van der Waals surface area contributed by atoms with Crippen LogP contribution >= 0.6 is 0 Å². The number of carbonyl (C=O) groups excluding carboxylic acids is 1. The molecule has 6 nitrogen and oxygen atoms in total. The smallest absolute Gasteiger partial charge is 0.315 e. The third-order valence-corrected chi connectivity index (χ3v) is 6.12. The van der Waals surface area contributed by atoms with Gasteiger partial charge in [0.05, 0.1) is 25.4 Å². The Bertz CT molecular complexity index is 653. The van der Waals surface area contributed by atoms with Crippen molar-refractivity contribution in [2.75, 3.05) is 32.8 Å². The first-order valence-corrected chi connectivity index (χ1v) is 11.1. The number of hydrogen-bond acceptors (Lipinski definition) is 4. The molecule has 1 saturated carbocycles. The number of rotatable bonds is 7. The number of amides is 2. The van der Waals surface area contributed by atoms with E-state index in [4.69, 9.17) is 9.47 Å². The first-order valence-electron chi connectivity index (χ1n) is 11.1. The molecule has 2 N–H and O–H groups in total. The number of urea groups is 1. The standard InChI is InChI=1S/C23H37N3O3/c1-18(2)29-21-9-7-8-20(16-21)19(3)25-22(27)24-17-23(10-5-4-6-11-23)26-12-14-28-15-13-26/h7-9,16,18-19H,4-6,10-15,17H2,1-3H3,(H2,24,25,27). The third-order valence-electron chi connectivity index (χ3n) is 6.12. The second-order valence-corrected chi connectivity index (χ2v) is 8.67. The monoisotopic (exact) mass is 403 g/mol. The quantitative estimate of drug-likeness (QED) is 0.725. The van der Waals surface area contributed by atoms with E-state index in [-0.39, 0.29) is 23.7 Å². The summed E-state index contributed by atoms with van der Waals surface area (Å²) in [7, 11) is 0. The zero-order valence-corrected chi connectivity index (χ0v) is 18.2. The van der Waals surface area contributed by atoms with Crippen molar-refractivity contribution in [3.63, 3.8) is 0 Å². The summed E-state index contributed by atoms with van der Waals surface area (Å²) in [5.41, 5.74) is 1.12. The van der Waals surface area contributed by atoms with Crippen LogP contribution in [0.1, 0.15) is 64.5 Å². The van der Waals surface area contributed by atoms with E-state index in [1.807, 2.05) is 45.0 Å². The number of carbonyl (C=O) groups is 1. The van der Waals surface area contributed by atoms with Crippen LogP contribution in [0.15, 0.2) is 24.3 Å². The molecule has 1 aromatic carbocycles. The van der Waals surface area contributed by atoms with Gasteiger partial charge in [0.2, 0.25) is 0 Å². The van der Waals surface area contributed by atoms with Crippen molar-refractivity contribution < 1.29 is 14.3 Å². The molecule has 2 fully saturated rings. The van der Waals surface area contributed by atoms with Crippen LogP contribution in [0.2, 0.25) is 0 Å². The highest BCUT2D eigenvalue weighted by Crippen LogP contribution is 2.34. The summed E-state index contributed by atoms with van der Waals surface area (Å²) in [5, 5.41) is 6.26. The number of ether oxygens (including phenoxy) is 2. The van der Waals surface area contributed by atoms with E-state index in [1.165, 1.54) is 19.3 Å². The van der Waals surface area contributed by atoms with Crippen LogP contribution < -0.4 is 15.4 Å². The molecule has 2 amide bonds. The van der Waals surface area contributed by atoms with E-state index in [0.717, 1.165) is 50.5 Å². The fraction of sp³-hybridized carbons (Fsp3) is 0.696. The lowest BCUT2D eigenvalue weighted by Gasteiger charge is -2.48. The summed E-state index contributed by atoms with van der Waals surface area (Å²) >= 11 is 0. The fourth-order valence-corrected chi connectivity index (χ4v) is 4.56. The maximum Gasteiger partial charge on any atom is 0.315 e. The fourth-order valence-electron chi connectivity index (χ4n) is 4.56. The minimum absolute atomic E-state index is 0.0770. The highest BCUT2D eigenvalue weighted by molar-refractivity contribution is 5.74. The topological polar surface area (TPSA) is 62.8 Å². The van der Waals surface area contributed by atoms with Crippen molar-refractivity contribution in [2.45, 2.75) is 70.6 Å². The van der Waals surface area contributed by atoms with Crippen LogP contribution in [-0.2, 0) is 4.74 Å². The lowest BCUT2D eigenvalue weighted by atomic mass is 9.80. The zero-order valence-electron chi connectivity index (χ0n) is 18.2. The molecule has 1 aliphatic carbocycles. The van der Waals surface area contributed by atoms with E-state index in [9.17, 15) is 4.79 Å². The molecule has 1 heterocycles. The molecular weight excluding hydrogens is 366 g/mol. The van der Waals surface area contributed by atoms with Crippen LogP contribution in [0, 0.1) is 0 Å². The van der Waals surface area contributed by atoms with Crippen molar-refractivity contribution in [1.29, 1.82) is 0 Å². The summed E-state index contributed by atoms with van der Waals surface area (Å²) in [6.07, 6.45) is 6.20. The summed E-state index contributed by atoms with van der Waals surface area (Å²) in [6.45, 7) is 10.2. The number of morpholine rings is 1. The van der Waals surface area contributed by atoms with Gasteiger partial charge in [0, 0.05) is 25.2 Å². The molecule has 0 spiro atoms. The van der Waals surface area contributed by atoms with Gasteiger partial charge in [0.15, 0.2) is 0 Å². The third kappa shape index (κ3) is 6.09. The minimum Gasteiger partial charge on any atom is -0.491 e. The van der Waals surface area contributed by atoms with Crippen molar-refractivity contribution in [2.24, 2.45) is 0 Å². The predicted molar refractivity (Wildman–Crippen MR) is 115 cm³/mol. The van der Waals surface area contributed by atoms with E-state index in [1.54, 1.807) is 0 Å². The molecule has 1 atom stereocenters. The van der Waals surface area contributed by atoms with Crippen molar-refractivity contribution in [3.05, 3.63) is 29.8 Å². The number of hydrogen-bond donors (Lipinski definition) is 2. The van der Waals surface area contributed by atoms with Gasteiger partial charge in [0.1, 0.15) is 5.75 Å². The van der Waals surface area contributed by atoms with Crippen molar-refractivity contribution in [1.82, 2.24) is 15.5 Å². The lowest BCUT2D eigenvalue weighted by Crippen LogP contribution is -2.60. The Kier molecular flexibility index (Phi) is 7.78. The number of nitrogens with one attached hydrogen (secondary N) is 2. The zero-order chi connectivity index (χ0) is 20.7. The molecular formula is C23H37N3O3. The molecule has 3 rings (SSSR count). The summed E-state index contributed by atoms with van der Waals surface area (Å²) in [4.78, 5) is 15.2. The molecule has 0 radical (unpaired) electrons. The van der Waals surface area contributed by atoms with Crippen LogP contribution in [-0.4, -0.2) is 55.4 Å². The summed E-state index contributed by atoms with van der Waals surface area (Å²) in [6, 6.07) is 7.75. The van der Waals surface area contributed by atoms with Crippen molar-refractivity contribution >= 4 is 6.03 Å². The number of benzene rings is 1. The normalized spacial score (nSPS) is 20.8. The molecule has 0 aromatic heterocycles. The Labute approximate surface area is 175 Å². The van der Waals surface area contributed by atoms with Gasteiger partial charge in [-0.3, -0.25) is 4.90 Å². The second kappa shape index (κ2) is 10.3. The van der Waals surface area contributed by atoms with E-state index in [2.05, 4.69) is 15.5 Å². The molecule has 1 saturated heterocycles. The first kappa shape index (κ1) is 21.9. The Morgan fingerprint density at radius 3 is 2.59 bits per heavy atom. The lowest BCUT2D eigenvalue weighted by molar-refractivity contribution is -0.0357. The van der Waals surface area contributed by atoms with Crippen LogP contribution in [0.25, 0.3) is 0 Å². The minimum atomic E-state index is -0.106. The molecule has 1 aliphatic heterocycles. The van der Waals surface area contributed by atoms with E-state index < -0.39 is 0 Å². The van der Waals surface area contributed by atoms with Gasteiger partial charge in [-0.15, -0.1) is 0 Å². The average Bonchev–Trinajstić information content (AvgIpc) is 2.73. The molecule has 0 bridgehead atoms. The van der Waals surface area contributed by atoms with Gasteiger partial charge in [-0.05, 0) is 51.3 Å². The van der Waals surface area contributed by atoms with E-state index in [0.29, 0.717) is 6.54 Å². The maximum absolute atomic E-state index is 12.7. The highest BCUT2D eigenvalue weighted by atomic mass is 16.5. The Morgan fingerprint density at radius 2 is 1.90 bits per heavy atom. The Balaban J connectivity index is 1.56. The number of nitrogens with zero attached hydrogens (tertiary/aromatic N) is 1. The van der Waals surface area contributed by atoms with Crippen LogP contribution in [0.4, 0.5) is 4.79 Å². The SMILES string of the molecule is CC(C)Oc1cccc(C(C)NC(=O)NCC2(N3CCOCC3)CCCCC2)c1. The van der Waals surface area contributed by atoms with E-state index >= 15 is 0 Å². The summed E-state index contributed by atoms with van der Waals surface area (Å²) < 4.78 is 11.3. The van der Waals surface area contributed by atoms with Crippen LogP contribution in [0.5, 0.6) is 5.75 Å². The molecule has 29 heavy (non-hydrogen) atoms. The van der Waals surface area contributed by atoms with Gasteiger partial charge in [-0.1, -0.05) is 31.4 Å². The highest BCUT2D eigenvalue weighted by Gasteiger charge is 2.38. The largest absolute Gasteiger partial charge is 0.491 e. The molecule has 6 heteroatoms. The Hall–Kier alpha value is -1.79. The van der Waals surface area contributed by atoms with Gasteiger partial charge in [-0.2, -0.15) is 0 Å². The second-order valence-electron chi connectivity index (χ2n) is 8.67.